The average molecular weight is 368 g/mol. The lowest BCUT2D eigenvalue weighted by molar-refractivity contribution is -0.140. The molecule has 1 rings (SSSR count). The molecule has 8 heteroatoms. The number of benzene rings is 1. The number of carboxylic acids is 1. The number of hydrogen-bond acceptors (Lipinski definition) is 4. The van der Waals surface area contributed by atoms with Crippen molar-refractivity contribution in [3.8, 4) is 0 Å². The van der Waals surface area contributed by atoms with Crippen molar-refractivity contribution >= 4 is 58.6 Å². The molecule has 21 heavy (non-hydrogen) atoms. The minimum atomic E-state index is -1.02. The van der Waals surface area contributed by atoms with Gasteiger partial charge in [-0.1, -0.05) is 23.2 Å². The van der Waals surface area contributed by atoms with Gasteiger partial charge in [0, 0.05) is 34.1 Å². The minimum Gasteiger partial charge on any atom is -0.480 e. The highest BCUT2D eigenvalue weighted by atomic mass is 35.5. The van der Waals surface area contributed by atoms with Crippen molar-refractivity contribution in [2.24, 2.45) is 0 Å². The number of nitrogens with one attached hydrogen (secondary N) is 1. The summed E-state index contributed by atoms with van der Waals surface area (Å²) in [5.41, 5.74) is 0. The van der Waals surface area contributed by atoms with Crippen LogP contribution < -0.4 is 5.32 Å². The molecule has 4 nitrogen and oxygen atoms in total. The SMILES string of the molecule is CC(=O)NC(CSCCSc1cc(Cl)ccc1Cl)C(=O)O. The summed E-state index contributed by atoms with van der Waals surface area (Å²) in [4.78, 5) is 22.7. The summed E-state index contributed by atoms with van der Waals surface area (Å²) in [5.74, 6) is 0.485. The number of carboxylic acid groups (broad SMARTS) is 1. The van der Waals surface area contributed by atoms with Crippen LogP contribution in [-0.4, -0.2) is 40.3 Å². The van der Waals surface area contributed by atoms with Gasteiger partial charge in [-0.3, -0.25) is 4.79 Å². The zero-order chi connectivity index (χ0) is 15.8. The molecule has 0 saturated carbocycles. The van der Waals surface area contributed by atoms with Crippen LogP contribution in [0.25, 0.3) is 0 Å². The summed E-state index contributed by atoms with van der Waals surface area (Å²) < 4.78 is 0. The molecular weight excluding hydrogens is 353 g/mol. The topological polar surface area (TPSA) is 66.4 Å². The van der Waals surface area contributed by atoms with Gasteiger partial charge in [0.05, 0.1) is 5.02 Å². The number of hydrogen-bond donors (Lipinski definition) is 2. The fourth-order valence-corrected chi connectivity index (χ4v) is 4.01. The average Bonchev–Trinajstić information content (AvgIpc) is 2.40. The third kappa shape index (κ3) is 7.31. The molecule has 0 saturated heterocycles. The molecule has 1 aromatic carbocycles. The number of halogens is 2. The van der Waals surface area contributed by atoms with Gasteiger partial charge in [0.1, 0.15) is 6.04 Å². The van der Waals surface area contributed by atoms with Crippen molar-refractivity contribution < 1.29 is 14.7 Å². The van der Waals surface area contributed by atoms with Gasteiger partial charge in [0.2, 0.25) is 5.91 Å². The molecule has 0 aromatic heterocycles. The van der Waals surface area contributed by atoms with Gasteiger partial charge in [-0.05, 0) is 18.2 Å². The molecule has 0 heterocycles. The number of carbonyl (C=O) groups is 2. The Hall–Kier alpha value is -0.560. The van der Waals surface area contributed by atoms with Crippen LogP contribution in [0, 0.1) is 0 Å². The zero-order valence-electron chi connectivity index (χ0n) is 11.3. The predicted octanol–water partition coefficient (Wildman–Crippen LogP) is 3.41. The Morgan fingerprint density at radius 2 is 2.05 bits per heavy atom. The summed E-state index contributed by atoms with van der Waals surface area (Å²) in [6.07, 6.45) is 0. The van der Waals surface area contributed by atoms with Crippen molar-refractivity contribution in [3.63, 3.8) is 0 Å². The van der Waals surface area contributed by atoms with E-state index in [1.807, 2.05) is 0 Å². The van der Waals surface area contributed by atoms with Crippen LogP contribution in [0.5, 0.6) is 0 Å². The minimum absolute atomic E-state index is 0.332. The summed E-state index contributed by atoms with van der Waals surface area (Å²) >= 11 is 15.0. The van der Waals surface area contributed by atoms with E-state index >= 15 is 0 Å². The van der Waals surface area contributed by atoms with Gasteiger partial charge in [0.15, 0.2) is 0 Å². The van der Waals surface area contributed by atoms with E-state index in [1.165, 1.54) is 18.7 Å². The summed E-state index contributed by atoms with van der Waals surface area (Å²) in [7, 11) is 0. The predicted molar refractivity (Wildman–Crippen MR) is 89.8 cm³/mol. The molecule has 2 N–H and O–H groups in total. The Kier molecular flexibility index (Phi) is 8.33. The first kappa shape index (κ1) is 18.5. The van der Waals surface area contributed by atoms with Crippen LogP contribution in [0.3, 0.4) is 0 Å². The van der Waals surface area contributed by atoms with E-state index in [-0.39, 0.29) is 5.91 Å². The van der Waals surface area contributed by atoms with Crippen LogP contribution in [0.15, 0.2) is 23.1 Å². The van der Waals surface area contributed by atoms with Crippen molar-refractivity contribution in [1.29, 1.82) is 0 Å². The molecule has 1 atom stereocenters. The Labute approximate surface area is 142 Å². The van der Waals surface area contributed by atoms with E-state index in [4.69, 9.17) is 28.3 Å². The fraction of sp³-hybridized carbons (Fsp3) is 0.385. The molecular formula is C13H15Cl2NO3S2. The molecule has 1 amide bonds. The summed E-state index contributed by atoms with van der Waals surface area (Å²) in [6.45, 7) is 1.30. The first-order chi connectivity index (χ1) is 9.90. The van der Waals surface area contributed by atoms with Crippen LogP contribution in [0.1, 0.15) is 6.92 Å². The highest BCUT2D eigenvalue weighted by molar-refractivity contribution is 8.03. The van der Waals surface area contributed by atoms with Gasteiger partial charge in [0.25, 0.3) is 0 Å². The van der Waals surface area contributed by atoms with Gasteiger partial charge in [-0.25, -0.2) is 4.79 Å². The third-order valence-electron chi connectivity index (χ3n) is 2.34. The largest absolute Gasteiger partial charge is 0.480 e. The van der Waals surface area contributed by atoms with Crippen molar-refractivity contribution in [2.75, 3.05) is 17.3 Å². The summed E-state index contributed by atoms with van der Waals surface area (Å²) in [5, 5.41) is 12.6. The maximum absolute atomic E-state index is 10.9. The molecule has 0 aliphatic rings. The molecule has 0 aliphatic carbocycles. The molecule has 0 bridgehead atoms. The number of carbonyl (C=O) groups excluding carboxylic acids is 1. The van der Waals surface area contributed by atoms with E-state index in [2.05, 4.69) is 5.32 Å². The highest BCUT2D eigenvalue weighted by Gasteiger charge is 2.17. The second-order valence-electron chi connectivity index (χ2n) is 4.09. The lowest BCUT2D eigenvalue weighted by Gasteiger charge is -2.12. The standard InChI is InChI=1S/C13H15Cl2NO3S2/c1-8(17)16-11(13(18)19)7-20-4-5-21-12-6-9(14)2-3-10(12)15/h2-3,6,11H,4-5,7H2,1H3,(H,16,17)(H,18,19). The Morgan fingerprint density at radius 1 is 1.33 bits per heavy atom. The van der Waals surface area contributed by atoms with E-state index in [1.54, 1.807) is 30.0 Å². The Morgan fingerprint density at radius 3 is 2.67 bits per heavy atom. The third-order valence-corrected chi connectivity index (χ3v) is 5.39. The van der Waals surface area contributed by atoms with E-state index < -0.39 is 12.0 Å². The quantitative estimate of drug-likeness (QED) is 0.544. The van der Waals surface area contributed by atoms with Crippen LogP contribution in [0.2, 0.25) is 10.0 Å². The number of aliphatic carboxylic acids is 1. The molecule has 0 fully saturated rings. The molecule has 1 aromatic rings. The number of thioether (sulfide) groups is 2. The van der Waals surface area contributed by atoms with Crippen molar-refractivity contribution in [2.45, 2.75) is 17.9 Å². The lowest BCUT2D eigenvalue weighted by atomic mass is 10.3. The molecule has 0 spiro atoms. The molecule has 1 unspecified atom stereocenters. The molecule has 0 radical (unpaired) electrons. The maximum atomic E-state index is 10.9. The zero-order valence-corrected chi connectivity index (χ0v) is 14.4. The van der Waals surface area contributed by atoms with Crippen LogP contribution >= 0.6 is 46.7 Å². The second kappa shape index (κ2) is 9.46. The van der Waals surface area contributed by atoms with Gasteiger partial charge >= 0.3 is 5.97 Å². The van der Waals surface area contributed by atoms with Crippen LogP contribution in [0.4, 0.5) is 0 Å². The normalized spacial score (nSPS) is 12.0. The van der Waals surface area contributed by atoms with E-state index in [9.17, 15) is 9.59 Å². The summed E-state index contributed by atoms with van der Waals surface area (Å²) in [6, 6.07) is 4.42. The number of amides is 1. The molecule has 0 aliphatic heterocycles. The first-order valence-corrected chi connectivity index (χ1v) is 8.95. The highest BCUT2D eigenvalue weighted by Crippen LogP contribution is 2.30. The Bertz CT molecular complexity index is 514. The first-order valence-electron chi connectivity index (χ1n) is 6.05. The van der Waals surface area contributed by atoms with Gasteiger partial charge in [-0.2, -0.15) is 11.8 Å². The van der Waals surface area contributed by atoms with Crippen LogP contribution in [-0.2, 0) is 9.59 Å². The van der Waals surface area contributed by atoms with E-state index in [0.29, 0.717) is 15.8 Å². The maximum Gasteiger partial charge on any atom is 0.327 e. The fourth-order valence-electron chi connectivity index (χ4n) is 1.42. The molecule has 116 valence electrons. The van der Waals surface area contributed by atoms with Crippen molar-refractivity contribution in [3.05, 3.63) is 28.2 Å². The lowest BCUT2D eigenvalue weighted by Crippen LogP contribution is -2.41. The van der Waals surface area contributed by atoms with E-state index in [0.717, 1.165) is 16.4 Å². The smallest absolute Gasteiger partial charge is 0.327 e. The monoisotopic (exact) mass is 367 g/mol. The second-order valence-corrected chi connectivity index (χ2v) is 7.22. The number of rotatable bonds is 8. The van der Waals surface area contributed by atoms with Gasteiger partial charge < -0.3 is 10.4 Å². The Balaban J connectivity index is 2.32. The van der Waals surface area contributed by atoms with Gasteiger partial charge in [-0.15, -0.1) is 11.8 Å². The van der Waals surface area contributed by atoms with Crippen molar-refractivity contribution in [1.82, 2.24) is 5.32 Å².